The van der Waals surface area contributed by atoms with Gasteiger partial charge >= 0.3 is 0 Å². The average Bonchev–Trinajstić information content (AvgIpc) is 3.67. The summed E-state index contributed by atoms with van der Waals surface area (Å²) in [5, 5.41) is 15.2. The maximum Gasteiger partial charge on any atom is 0.164 e. The number of benzene rings is 3. The van der Waals surface area contributed by atoms with E-state index in [1.54, 1.807) is 0 Å². The summed E-state index contributed by atoms with van der Waals surface area (Å²) in [6, 6.07) is 23.9. The van der Waals surface area contributed by atoms with Gasteiger partial charge in [0.05, 0.1) is 0 Å². The first kappa shape index (κ1) is 45.6. The molecule has 0 bridgehead atoms. The zero-order valence-corrected chi connectivity index (χ0v) is 39.9. The van der Waals surface area contributed by atoms with Crippen LogP contribution in [-0.4, -0.2) is 15.9 Å². The Kier molecular flexibility index (Phi) is 14.8. The maximum atomic E-state index is 12.2. The summed E-state index contributed by atoms with van der Waals surface area (Å²) in [6.45, 7) is 28.1. The van der Waals surface area contributed by atoms with Crippen molar-refractivity contribution in [3.05, 3.63) is 100 Å². The topological polar surface area (TPSA) is 50.2 Å². The number of carbonyl (C=O) groups excluding carboxylic acids is 1. The molecule has 6 rings (SSSR count). The minimum Gasteiger partial charge on any atom is -0.512 e. The molecule has 3 aromatic heterocycles. The van der Waals surface area contributed by atoms with E-state index in [2.05, 4.69) is 109 Å². The van der Waals surface area contributed by atoms with Gasteiger partial charge in [-0.15, -0.1) is 51.8 Å². The molecule has 0 aliphatic heterocycles. The monoisotopic (exact) mass is 965 g/mol. The van der Waals surface area contributed by atoms with Gasteiger partial charge in [-0.25, -0.2) is 0 Å². The molecule has 1 N–H and O–H groups in total. The van der Waals surface area contributed by atoms with Gasteiger partial charge in [-0.2, -0.15) is 0 Å². The van der Waals surface area contributed by atoms with Gasteiger partial charge in [-0.3, -0.25) is 9.78 Å². The number of rotatable bonds is 11. The van der Waals surface area contributed by atoms with Crippen molar-refractivity contribution in [3.63, 3.8) is 0 Å². The summed E-state index contributed by atoms with van der Waals surface area (Å²) in [5.41, 5.74) is 7.05. The van der Waals surface area contributed by atoms with Crippen LogP contribution in [0.25, 0.3) is 52.6 Å². The van der Waals surface area contributed by atoms with Crippen LogP contribution in [0, 0.1) is 36.7 Å². The molecule has 3 heterocycles. The summed E-state index contributed by atoms with van der Waals surface area (Å²) in [6.07, 6.45) is 7.84. The van der Waals surface area contributed by atoms with E-state index in [1.165, 1.54) is 63.6 Å². The molecule has 0 saturated carbocycles. The third-order valence-electron chi connectivity index (χ3n) is 12.1. The Labute approximate surface area is 358 Å². The standard InChI is InChI=1S/C35H34NS2.C15H28O2.Ir/c1-20(2)16-23-12-13-30-28(17-23)31(22(4)37-30)33-21(3)26-14-15-36-32(34(26)38-33)25-18-24-10-8-9-11-27(24)29(19-25)35(5,6)7;1-7-14(5,8-2)12(16)11-13(17)15(6,9-3)10-4;/h8-15,17,19-20H,16H2,1-7H3;11,16H,7-10H2,1-6H3;/q-1;;/b;12-11-;. The number of nitrogens with zero attached hydrogens (tertiary/aromatic N) is 1. The minimum absolute atomic E-state index is 0. The number of allylic oxidation sites excluding steroid dienone is 2. The van der Waals surface area contributed by atoms with E-state index in [0.717, 1.165) is 48.7 Å². The molecule has 6 heteroatoms. The number of carbonyl (C=O) groups is 1. The summed E-state index contributed by atoms with van der Waals surface area (Å²) in [4.78, 5) is 19.9. The Morgan fingerprint density at radius 1 is 0.839 bits per heavy atom. The normalized spacial score (nSPS) is 12.6. The number of aromatic nitrogens is 1. The van der Waals surface area contributed by atoms with Gasteiger partial charge in [0.1, 0.15) is 5.76 Å². The van der Waals surface area contributed by atoms with Crippen LogP contribution in [0.4, 0.5) is 0 Å². The molecule has 0 atom stereocenters. The van der Waals surface area contributed by atoms with Crippen molar-refractivity contribution in [1.82, 2.24) is 4.98 Å². The second kappa shape index (κ2) is 18.2. The van der Waals surface area contributed by atoms with Crippen molar-refractivity contribution in [3.8, 4) is 21.7 Å². The molecule has 0 spiro atoms. The van der Waals surface area contributed by atoms with Crippen LogP contribution < -0.4 is 0 Å². The fourth-order valence-corrected chi connectivity index (χ4v) is 9.93. The van der Waals surface area contributed by atoms with E-state index in [9.17, 15) is 9.90 Å². The molecule has 0 aliphatic carbocycles. The third kappa shape index (κ3) is 9.25. The van der Waals surface area contributed by atoms with Crippen LogP contribution in [-0.2, 0) is 36.7 Å². The van der Waals surface area contributed by atoms with Crippen LogP contribution in [0.15, 0.2) is 72.6 Å². The molecule has 3 aromatic carbocycles. The van der Waals surface area contributed by atoms with Gasteiger partial charge in [0.2, 0.25) is 0 Å². The van der Waals surface area contributed by atoms with Crippen molar-refractivity contribution in [1.29, 1.82) is 0 Å². The second-order valence-electron chi connectivity index (χ2n) is 17.4. The SMILES string of the molecule is CCC(C)(CC)C(=O)/C=C(\O)C(C)(CC)CC.Cc1sc2ccc(CC(C)C)cc2c1-c1sc2c(-c3[c-]c4ccccc4c(C(C)(C)C)c3)nccc2c1C.[Ir]. The van der Waals surface area contributed by atoms with Crippen LogP contribution in [0.5, 0.6) is 0 Å². The summed E-state index contributed by atoms with van der Waals surface area (Å²) >= 11 is 3.81. The number of aliphatic hydroxyl groups is 1. The second-order valence-corrected chi connectivity index (χ2v) is 19.7. The Bertz CT molecular complexity index is 2340. The molecule has 0 amide bonds. The van der Waals surface area contributed by atoms with Crippen molar-refractivity contribution in [2.75, 3.05) is 0 Å². The van der Waals surface area contributed by atoms with Gasteiger partial charge in [0, 0.05) is 79.0 Å². The van der Waals surface area contributed by atoms with E-state index in [4.69, 9.17) is 4.98 Å². The molecule has 0 unspecified atom stereocenters. The molecular formula is C50H62IrNO2S2-. The number of thiophene rings is 2. The molecule has 1 radical (unpaired) electrons. The number of hydrogen-bond acceptors (Lipinski definition) is 5. The zero-order valence-electron chi connectivity index (χ0n) is 35.9. The molecule has 0 saturated heterocycles. The molecule has 6 aromatic rings. The van der Waals surface area contributed by atoms with E-state index in [0.29, 0.717) is 5.92 Å². The molecule has 56 heavy (non-hydrogen) atoms. The summed E-state index contributed by atoms with van der Waals surface area (Å²) < 4.78 is 2.63. The smallest absolute Gasteiger partial charge is 0.164 e. The first-order valence-corrected chi connectivity index (χ1v) is 21.9. The predicted molar refractivity (Wildman–Crippen MR) is 242 cm³/mol. The van der Waals surface area contributed by atoms with Crippen LogP contribution in [0.2, 0.25) is 0 Å². The largest absolute Gasteiger partial charge is 0.512 e. The summed E-state index contributed by atoms with van der Waals surface area (Å²) in [7, 11) is 0. The third-order valence-corrected chi connectivity index (χ3v) is 14.5. The number of fused-ring (bicyclic) bond motifs is 3. The molecular weight excluding hydrogens is 903 g/mol. The van der Waals surface area contributed by atoms with Gasteiger partial charge in [0.25, 0.3) is 0 Å². The Morgan fingerprint density at radius 3 is 2.09 bits per heavy atom. The first-order valence-electron chi connectivity index (χ1n) is 20.2. The fraction of sp³-hybridized carbons (Fsp3) is 0.440. The van der Waals surface area contributed by atoms with Gasteiger partial charge in [0.15, 0.2) is 5.78 Å². The number of aliphatic hydroxyl groups excluding tert-OH is 1. The number of aryl methyl sites for hydroxylation is 2. The number of pyridine rings is 1. The first-order chi connectivity index (χ1) is 25.9. The van der Waals surface area contributed by atoms with Gasteiger partial charge in [-0.05, 0) is 92.0 Å². The Balaban J connectivity index is 0.000000330. The number of hydrogen-bond donors (Lipinski definition) is 1. The molecule has 3 nitrogen and oxygen atoms in total. The van der Waals surface area contributed by atoms with Crippen LogP contribution in [0.1, 0.15) is 123 Å². The van der Waals surface area contributed by atoms with Gasteiger partial charge < -0.3 is 5.11 Å². The average molecular weight is 965 g/mol. The van der Waals surface area contributed by atoms with E-state index >= 15 is 0 Å². The zero-order chi connectivity index (χ0) is 40.5. The van der Waals surface area contributed by atoms with E-state index in [1.807, 2.05) is 70.4 Å². The van der Waals surface area contributed by atoms with Crippen molar-refractivity contribution in [2.45, 2.75) is 128 Å². The Hall–Kier alpha value is -3.15. The van der Waals surface area contributed by atoms with Crippen molar-refractivity contribution < 1.29 is 30.0 Å². The molecule has 0 aliphatic rings. The van der Waals surface area contributed by atoms with Crippen molar-refractivity contribution in [2.24, 2.45) is 16.7 Å². The quantitative estimate of drug-likeness (QED) is 0.0800. The minimum atomic E-state index is -0.337. The maximum absolute atomic E-state index is 12.2. The molecule has 0 fully saturated rings. The van der Waals surface area contributed by atoms with Crippen LogP contribution in [0.3, 0.4) is 0 Å². The fourth-order valence-electron chi connectivity index (χ4n) is 7.39. The summed E-state index contributed by atoms with van der Waals surface area (Å²) in [5.74, 6) is 0.931. The van der Waals surface area contributed by atoms with E-state index in [-0.39, 0.29) is 47.9 Å². The Morgan fingerprint density at radius 2 is 1.48 bits per heavy atom. The molecule has 301 valence electrons. The van der Waals surface area contributed by atoms with Crippen molar-refractivity contribution >= 4 is 59.4 Å². The van der Waals surface area contributed by atoms with Crippen LogP contribution >= 0.6 is 22.7 Å². The van der Waals surface area contributed by atoms with Gasteiger partial charge in [-0.1, -0.05) is 111 Å². The predicted octanol–water partition coefficient (Wildman–Crippen LogP) is 15.6. The van der Waals surface area contributed by atoms with E-state index < -0.39 is 0 Å². The number of ketones is 1.